The number of imidazole rings is 2. The number of methoxy groups -OCH3 is 1. The zero-order chi connectivity index (χ0) is 36.4. The Labute approximate surface area is 312 Å². The van der Waals surface area contributed by atoms with E-state index in [1.807, 2.05) is 35.4 Å². The number of benzene rings is 2. The lowest BCUT2D eigenvalue weighted by Crippen LogP contribution is -2.39. The first-order valence-corrected chi connectivity index (χ1v) is 18.6. The molecule has 8 rings (SSSR count). The summed E-state index contributed by atoms with van der Waals surface area (Å²) in [6.45, 7) is 3.91. The van der Waals surface area contributed by atoms with Crippen LogP contribution in [-0.4, -0.2) is 68.5 Å². The third-order valence-corrected chi connectivity index (χ3v) is 12.6. The number of nitrogens with zero attached hydrogens (tertiary/aromatic N) is 5. The molecule has 272 valence electrons. The molecule has 0 spiro atoms. The Hall–Kier alpha value is -4.23. The number of carbonyl (C=O) groups excluding carboxylic acids is 3. The van der Waals surface area contributed by atoms with Crippen LogP contribution in [0.2, 0.25) is 10.0 Å². The summed E-state index contributed by atoms with van der Waals surface area (Å²) in [6.07, 6.45) is 6.35. The maximum absolute atomic E-state index is 13.7. The van der Waals surface area contributed by atoms with E-state index in [2.05, 4.69) is 25.8 Å². The molecule has 3 N–H and O–H groups in total. The zero-order valence-corrected chi connectivity index (χ0v) is 31.1. The van der Waals surface area contributed by atoms with E-state index in [0.717, 1.165) is 87.4 Å². The Bertz CT molecular complexity index is 2120. The van der Waals surface area contributed by atoms with E-state index in [4.69, 9.17) is 32.9 Å². The predicted octanol–water partition coefficient (Wildman–Crippen LogP) is 5.76. The Kier molecular flexibility index (Phi) is 8.92. The first-order chi connectivity index (χ1) is 25.0. The van der Waals surface area contributed by atoms with Gasteiger partial charge in [0.05, 0.1) is 45.3 Å². The highest BCUT2D eigenvalue weighted by Gasteiger charge is 2.59. The molecule has 4 heterocycles. The monoisotopic (exact) mass is 744 g/mol. The van der Waals surface area contributed by atoms with Gasteiger partial charge in [0.15, 0.2) is 11.6 Å². The Morgan fingerprint density at radius 3 is 2.00 bits per heavy atom. The predicted molar refractivity (Wildman–Crippen MR) is 199 cm³/mol. The van der Waals surface area contributed by atoms with E-state index < -0.39 is 0 Å². The van der Waals surface area contributed by atoms with Crippen molar-refractivity contribution in [1.29, 1.82) is 0 Å². The van der Waals surface area contributed by atoms with Gasteiger partial charge in [-0.25, -0.2) is 9.97 Å². The molecule has 2 aromatic carbocycles. The van der Waals surface area contributed by atoms with Crippen molar-refractivity contribution in [3.05, 3.63) is 80.9 Å². The summed E-state index contributed by atoms with van der Waals surface area (Å²) >= 11 is 13.8. The number of hydrogen-bond acceptors (Lipinski definition) is 8. The van der Waals surface area contributed by atoms with E-state index in [1.165, 1.54) is 7.11 Å². The molecule has 4 aromatic rings. The van der Waals surface area contributed by atoms with Gasteiger partial charge in [0, 0.05) is 82.2 Å². The number of fused-ring (bicyclic) bond motifs is 4. The lowest BCUT2D eigenvalue weighted by Gasteiger charge is -2.35. The first-order valence-electron chi connectivity index (χ1n) is 17.8. The molecule has 2 amide bonds. The maximum Gasteiger partial charge on any atom is 0.311 e. The van der Waals surface area contributed by atoms with E-state index in [-0.39, 0.29) is 28.6 Å². The summed E-state index contributed by atoms with van der Waals surface area (Å²) in [7, 11) is 5.22. The van der Waals surface area contributed by atoms with Gasteiger partial charge < -0.3 is 29.8 Å². The molecule has 2 saturated carbocycles. The molecular weight excluding hydrogens is 703 g/mol. The minimum Gasteiger partial charge on any atom is -0.469 e. The van der Waals surface area contributed by atoms with Crippen LogP contribution in [0.3, 0.4) is 0 Å². The van der Waals surface area contributed by atoms with Crippen LogP contribution in [-0.2, 0) is 49.6 Å². The zero-order valence-electron chi connectivity index (χ0n) is 29.6. The summed E-state index contributed by atoms with van der Waals surface area (Å²) < 4.78 is 8.88. The van der Waals surface area contributed by atoms with Crippen LogP contribution >= 0.6 is 23.2 Å². The summed E-state index contributed by atoms with van der Waals surface area (Å²) in [4.78, 5) is 51.4. The molecule has 2 fully saturated rings. The number of halogens is 2. The SMILES string of the molecule is COC(=O)C12CCC(CN3CCc4c(nc(C(=O)Nc5cccc(-c6cccc(NC(=O)c7nc8c(n7C)CCNC8)c6Cl)c5Cl)n4C)C3)(CC1)C2. The van der Waals surface area contributed by atoms with Crippen molar-refractivity contribution < 1.29 is 19.1 Å². The highest BCUT2D eigenvalue weighted by Crippen LogP contribution is 2.62. The van der Waals surface area contributed by atoms with Crippen molar-refractivity contribution in [1.82, 2.24) is 29.3 Å². The number of ether oxygens (including phenoxy) is 1. The van der Waals surface area contributed by atoms with Crippen LogP contribution in [0.25, 0.3) is 11.1 Å². The second-order valence-electron chi connectivity index (χ2n) is 14.9. The molecular formula is C38H42Cl2N8O4. The Morgan fingerprint density at radius 2 is 1.42 bits per heavy atom. The van der Waals surface area contributed by atoms with Crippen LogP contribution in [0.5, 0.6) is 0 Å². The topological polar surface area (TPSA) is 135 Å². The quantitative estimate of drug-likeness (QED) is 0.194. The number of amides is 2. The molecule has 0 saturated heterocycles. The number of aromatic nitrogens is 4. The normalized spacial score (nSPS) is 22.2. The lowest BCUT2D eigenvalue weighted by atomic mass is 9.81. The summed E-state index contributed by atoms with van der Waals surface area (Å²) in [5, 5.41) is 9.81. The smallest absolute Gasteiger partial charge is 0.311 e. The molecule has 14 heteroatoms. The molecule has 2 aromatic heterocycles. The van der Waals surface area contributed by atoms with Gasteiger partial charge in [0.1, 0.15) is 0 Å². The molecule has 0 radical (unpaired) electrons. The number of hydrogen-bond donors (Lipinski definition) is 3. The molecule has 0 unspecified atom stereocenters. The Morgan fingerprint density at radius 1 is 0.846 bits per heavy atom. The van der Waals surface area contributed by atoms with Gasteiger partial charge in [-0.05, 0) is 49.7 Å². The van der Waals surface area contributed by atoms with Crippen LogP contribution in [0, 0.1) is 10.8 Å². The highest BCUT2D eigenvalue weighted by atomic mass is 35.5. The summed E-state index contributed by atoms with van der Waals surface area (Å²) in [5.74, 6) is -0.156. The fraction of sp³-hybridized carbons (Fsp3) is 0.447. The minimum atomic E-state index is -0.365. The highest BCUT2D eigenvalue weighted by molar-refractivity contribution is 6.40. The standard InChI is InChI=1S/C38H42Cl2N8O4/c1-46-28-10-16-41-18-26(28)42-32(46)34(49)44-24-8-4-6-22(30(24)39)23-7-5-9-25(31(23)40)45-35(50)33-43-27-19-48(17-11-29(27)47(33)2)21-37-12-14-38(20-37,15-13-37)36(51)52-3/h4-9,41H,10-21H2,1-3H3,(H,44,49)(H,45,50). The number of carbonyl (C=O) groups is 3. The third-order valence-electron chi connectivity index (χ3n) is 11.8. The summed E-state index contributed by atoms with van der Waals surface area (Å²) in [6, 6.07) is 10.7. The minimum absolute atomic E-state index is 0.0590. The molecule has 2 aliphatic carbocycles. The number of nitrogens with one attached hydrogen (secondary N) is 3. The van der Waals surface area contributed by atoms with Crippen LogP contribution in [0.1, 0.15) is 76.1 Å². The Balaban J connectivity index is 0.968. The molecule has 12 nitrogen and oxygen atoms in total. The molecule has 2 bridgehead atoms. The maximum atomic E-state index is 13.7. The van der Waals surface area contributed by atoms with Crippen molar-refractivity contribution in [3.63, 3.8) is 0 Å². The van der Waals surface area contributed by atoms with Gasteiger partial charge in [-0.3, -0.25) is 19.3 Å². The first kappa shape index (κ1) is 34.8. The van der Waals surface area contributed by atoms with Crippen LogP contribution in [0.15, 0.2) is 36.4 Å². The van der Waals surface area contributed by atoms with Crippen molar-refractivity contribution in [2.45, 2.75) is 58.0 Å². The van der Waals surface area contributed by atoms with Crippen molar-refractivity contribution >= 4 is 52.4 Å². The van der Waals surface area contributed by atoms with E-state index in [0.29, 0.717) is 57.3 Å². The van der Waals surface area contributed by atoms with Gasteiger partial charge in [-0.1, -0.05) is 47.5 Å². The van der Waals surface area contributed by atoms with E-state index >= 15 is 0 Å². The second-order valence-corrected chi connectivity index (χ2v) is 15.6. The van der Waals surface area contributed by atoms with E-state index in [1.54, 1.807) is 24.3 Å². The van der Waals surface area contributed by atoms with E-state index in [9.17, 15) is 14.4 Å². The molecule has 0 atom stereocenters. The molecule has 2 aliphatic heterocycles. The van der Waals surface area contributed by atoms with Crippen LogP contribution in [0.4, 0.5) is 11.4 Å². The molecule has 4 aliphatic rings. The average Bonchev–Trinajstić information content (AvgIpc) is 3.90. The van der Waals surface area contributed by atoms with Gasteiger partial charge in [-0.2, -0.15) is 0 Å². The van der Waals surface area contributed by atoms with Crippen molar-refractivity contribution in [3.8, 4) is 11.1 Å². The van der Waals surface area contributed by atoms with Gasteiger partial charge in [0.2, 0.25) is 0 Å². The molecule has 52 heavy (non-hydrogen) atoms. The number of esters is 1. The fourth-order valence-corrected chi connectivity index (χ4v) is 9.67. The second kappa shape index (κ2) is 13.3. The van der Waals surface area contributed by atoms with Gasteiger partial charge in [0.25, 0.3) is 11.8 Å². The van der Waals surface area contributed by atoms with Gasteiger partial charge >= 0.3 is 5.97 Å². The lowest BCUT2D eigenvalue weighted by molar-refractivity contribution is -0.152. The largest absolute Gasteiger partial charge is 0.469 e. The fourth-order valence-electron chi connectivity index (χ4n) is 9.12. The summed E-state index contributed by atoms with van der Waals surface area (Å²) in [5.41, 5.74) is 5.73. The van der Waals surface area contributed by atoms with Crippen molar-refractivity contribution in [2.24, 2.45) is 24.9 Å². The average molecular weight is 746 g/mol. The third kappa shape index (κ3) is 5.89. The number of anilines is 2. The number of rotatable bonds is 8. The van der Waals surface area contributed by atoms with Crippen molar-refractivity contribution in [2.75, 3.05) is 37.4 Å². The van der Waals surface area contributed by atoms with Crippen LogP contribution < -0.4 is 16.0 Å². The van der Waals surface area contributed by atoms with Gasteiger partial charge in [-0.15, -0.1) is 0 Å².